The van der Waals surface area contributed by atoms with Crippen molar-refractivity contribution in [2.45, 2.75) is 13.8 Å². The van der Waals surface area contributed by atoms with Crippen LogP contribution in [0.25, 0.3) is 0 Å². The normalized spacial score (nSPS) is 20.8. The van der Waals surface area contributed by atoms with Crippen LogP contribution in [0.3, 0.4) is 0 Å². The van der Waals surface area contributed by atoms with Crippen LogP contribution in [-0.2, 0) is 0 Å². The maximum absolute atomic E-state index is 3.37. The molecule has 3 heteroatoms. The van der Waals surface area contributed by atoms with Crippen molar-refractivity contribution in [3.63, 3.8) is 0 Å². The lowest BCUT2D eigenvalue weighted by Gasteiger charge is -2.33. The van der Waals surface area contributed by atoms with E-state index in [1.165, 1.54) is 39.3 Å². The van der Waals surface area contributed by atoms with E-state index in [-0.39, 0.29) is 0 Å². The molecule has 1 fully saturated rings. The van der Waals surface area contributed by atoms with E-state index in [0.717, 1.165) is 13.1 Å². The Morgan fingerprint density at radius 1 is 1.00 bits per heavy atom. The van der Waals surface area contributed by atoms with Gasteiger partial charge in [-0.1, -0.05) is 13.8 Å². The first-order chi connectivity index (χ1) is 6.36. The van der Waals surface area contributed by atoms with Gasteiger partial charge in [-0.05, 0) is 13.1 Å². The summed E-state index contributed by atoms with van der Waals surface area (Å²) in [7, 11) is 0. The molecular weight excluding hydrogens is 162 g/mol. The molecule has 1 heterocycles. The Kier molecular flexibility index (Phi) is 5.35. The van der Waals surface area contributed by atoms with Gasteiger partial charge in [-0.3, -0.25) is 4.90 Å². The first-order valence-corrected chi connectivity index (χ1v) is 5.52. The van der Waals surface area contributed by atoms with Crippen LogP contribution in [0.15, 0.2) is 0 Å². The van der Waals surface area contributed by atoms with Crippen molar-refractivity contribution in [1.29, 1.82) is 0 Å². The predicted molar refractivity (Wildman–Crippen MR) is 57.1 cm³/mol. The number of hydrogen-bond donors (Lipinski definition) is 1. The van der Waals surface area contributed by atoms with Gasteiger partial charge < -0.3 is 10.2 Å². The molecule has 0 aromatic carbocycles. The molecule has 1 N–H and O–H groups in total. The summed E-state index contributed by atoms with van der Waals surface area (Å²) in [5.41, 5.74) is 0. The van der Waals surface area contributed by atoms with E-state index in [1.807, 2.05) is 0 Å². The van der Waals surface area contributed by atoms with Crippen molar-refractivity contribution in [3.05, 3.63) is 0 Å². The largest absolute Gasteiger partial charge is 0.316 e. The first-order valence-electron chi connectivity index (χ1n) is 5.52. The zero-order valence-electron chi connectivity index (χ0n) is 9.05. The first kappa shape index (κ1) is 11.0. The third kappa shape index (κ3) is 4.07. The third-order valence-corrected chi connectivity index (χ3v) is 2.77. The lowest BCUT2D eigenvalue weighted by molar-refractivity contribution is 0.138. The van der Waals surface area contributed by atoms with Crippen LogP contribution in [0.2, 0.25) is 0 Å². The van der Waals surface area contributed by atoms with E-state index in [2.05, 4.69) is 29.0 Å². The fourth-order valence-electron chi connectivity index (χ4n) is 1.74. The molecule has 0 bridgehead atoms. The fourth-order valence-corrected chi connectivity index (χ4v) is 1.74. The summed E-state index contributed by atoms with van der Waals surface area (Å²) >= 11 is 0. The number of rotatable bonds is 5. The van der Waals surface area contributed by atoms with Gasteiger partial charge in [0.15, 0.2) is 0 Å². The minimum absolute atomic E-state index is 1.09. The average molecular weight is 185 g/mol. The Balaban J connectivity index is 2.03. The van der Waals surface area contributed by atoms with Crippen LogP contribution in [0.1, 0.15) is 13.8 Å². The summed E-state index contributed by atoms with van der Waals surface area (Å²) in [6, 6.07) is 0. The fraction of sp³-hybridized carbons (Fsp3) is 1.00. The smallest absolute Gasteiger partial charge is 0.0110 e. The minimum Gasteiger partial charge on any atom is -0.316 e. The molecule has 78 valence electrons. The van der Waals surface area contributed by atoms with Gasteiger partial charge in [-0.2, -0.15) is 0 Å². The molecule has 1 rings (SSSR count). The van der Waals surface area contributed by atoms with Crippen molar-refractivity contribution in [3.8, 4) is 0 Å². The summed E-state index contributed by atoms with van der Waals surface area (Å²) in [5, 5.41) is 3.37. The highest BCUT2D eigenvalue weighted by Crippen LogP contribution is 1.99. The Morgan fingerprint density at radius 2 is 1.62 bits per heavy atom. The Bertz CT molecular complexity index is 117. The number of hydrogen-bond acceptors (Lipinski definition) is 3. The van der Waals surface area contributed by atoms with Crippen LogP contribution in [-0.4, -0.2) is 62.2 Å². The molecule has 0 aliphatic carbocycles. The molecule has 0 aromatic heterocycles. The molecule has 3 nitrogen and oxygen atoms in total. The van der Waals surface area contributed by atoms with Crippen molar-refractivity contribution in [2.75, 3.05) is 52.4 Å². The van der Waals surface area contributed by atoms with Gasteiger partial charge in [-0.15, -0.1) is 0 Å². The number of nitrogens with zero attached hydrogens (tertiary/aromatic N) is 2. The van der Waals surface area contributed by atoms with Gasteiger partial charge in [0.25, 0.3) is 0 Å². The molecular formula is C10H23N3. The average Bonchev–Trinajstić information content (AvgIpc) is 2.19. The van der Waals surface area contributed by atoms with Gasteiger partial charge in [0, 0.05) is 39.3 Å². The highest BCUT2D eigenvalue weighted by molar-refractivity contribution is 4.71. The summed E-state index contributed by atoms with van der Waals surface area (Å²) in [4.78, 5) is 5.07. The standard InChI is InChI=1S/C10H23N3/c1-3-11-5-6-13-9-7-12(4-2)8-10-13/h11H,3-10H2,1-2H3. The molecule has 13 heavy (non-hydrogen) atoms. The molecule has 1 saturated heterocycles. The molecule has 1 aliphatic rings. The summed E-state index contributed by atoms with van der Waals surface area (Å²) in [6.07, 6.45) is 0. The van der Waals surface area contributed by atoms with E-state index < -0.39 is 0 Å². The highest BCUT2D eigenvalue weighted by atomic mass is 15.3. The zero-order chi connectivity index (χ0) is 9.52. The number of nitrogens with one attached hydrogen (secondary N) is 1. The van der Waals surface area contributed by atoms with Crippen molar-refractivity contribution in [2.24, 2.45) is 0 Å². The van der Waals surface area contributed by atoms with Crippen LogP contribution in [0.4, 0.5) is 0 Å². The second kappa shape index (κ2) is 6.35. The maximum Gasteiger partial charge on any atom is 0.0110 e. The quantitative estimate of drug-likeness (QED) is 0.619. The Hall–Kier alpha value is -0.120. The maximum atomic E-state index is 3.37. The number of piperazine rings is 1. The third-order valence-electron chi connectivity index (χ3n) is 2.77. The van der Waals surface area contributed by atoms with Crippen LogP contribution < -0.4 is 5.32 Å². The summed E-state index contributed by atoms with van der Waals surface area (Å²) in [5.74, 6) is 0. The molecule has 0 aromatic rings. The number of likely N-dealkylation sites (N-methyl/N-ethyl adjacent to an activating group) is 2. The summed E-state index contributed by atoms with van der Waals surface area (Å²) < 4.78 is 0. The van der Waals surface area contributed by atoms with E-state index in [1.54, 1.807) is 0 Å². The Labute approximate surface area is 82.1 Å². The molecule has 0 saturated carbocycles. The second-order valence-corrected chi connectivity index (χ2v) is 3.63. The lowest BCUT2D eigenvalue weighted by Crippen LogP contribution is -2.47. The summed E-state index contributed by atoms with van der Waals surface area (Å²) in [6.45, 7) is 14.1. The van der Waals surface area contributed by atoms with E-state index in [4.69, 9.17) is 0 Å². The monoisotopic (exact) mass is 185 g/mol. The van der Waals surface area contributed by atoms with Crippen LogP contribution >= 0.6 is 0 Å². The van der Waals surface area contributed by atoms with Gasteiger partial charge in [0.05, 0.1) is 0 Å². The van der Waals surface area contributed by atoms with Crippen molar-refractivity contribution < 1.29 is 0 Å². The molecule has 0 unspecified atom stereocenters. The zero-order valence-corrected chi connectivity index (χ0v) is 9.05. The van der Waals surface area contributed by atoms with Crippen molar-refractivity contribution in [1.82, 2.24) is 15.1 Å². The van der Waals surface area contributed by atoms with Gasteiger partial charge in [0.1, 0.15) is 0 Å². The van der Waals surface area contributed by atoms with Gasteiger partial charge in [-0.25, -0.2) is 0 Å². The lowest BCUT2D eigenvalue weighted by atomic mass is 10.3. The molecule has 0 atom stereocenters. The Morgan fingerprint density at radius 3 is 2.15 bits per heavy atom. The van der Waals surface area contributed by atoms with E-state index in [9.17, 15) is 0 Å². The van der Waals surface area contributed by atoms with Crippen LogP contribution in [0, 0.1) is 0 Å². The molecule has 0 spiro atoms. The van der Waals surface area contributed by atoms with Gasteiger partial charge in [0.2, 0.25) is 0 Å². The molecule has 1 aliphatic heterocycles. The van der Waals surface area contributed by atoms with Crippen molar-refractivity contribution >= 4 is 0 Å². The predicted octanol–water partition coefficient (Wildman–Crippen LogP) is 0.233. The van der Waals surface area contributed by atoms with E-state index >= 15 is 0 Å². The topological polar surface area (TPSA) is 18.5 Å². The molecule has 0 radical (unpaired) electrons. The van der Waals surface area contributed by atoms with Crippen LogP contribution in [0.5, 0.6) is 0 Å². The molecule has 0 amide bonds. The minimum atomic E-state index is 1.09. The highest BCUT2D eigenvalue weighted by Gasteiger charge is 2.13. The van der Waals surface area contributed by atoms with Gasteiger partial charge >= 0.3 is 0 Å². The van der Waals surface area contributed by atoms with E-state index in [0.29, 0.717) is 0 Å². The SMILES string of the molecule is CCNCCN1CCN(CC)CC1. The second-order valence-electron chi connectivity index (χ2n) is 3.63.